The van der Waals surface area contributed by atoms with Crippen LogP contribution in [0.4, 0.5) is 0 Å². The molecule has 2 aromatic carbocycles. The predicted molar refractivity (Wildman–Crippen MR) is 88.8 cm³/mol. The van der Waals surface area contributed by atoms with Gasteiger partial charge in [-0.25, -0.2) is 10.2 Å². The number of benzene rings is 2. The number of carboxylic acids is 1. The van der Waals surface area contributed by atoms with Crippen molar-refractivity contribution in [1.29, 1.82) is 0 Å². The van der Waals surface area contributed by atoms with Gasteiger partial charge in [0.25, 0.3) is 5.91 Å². The first kappa shape index (κ1) is 16.7. The molecule has 0 heterocycles. The molecule has 0 unspecified atom stereocenters. The van der Waals surface area contributed by atoms with E-state index in [4.69, 9.17) is 9.84 Å². The van der Waals surface area contributed by atoms with Gasteiger partial charge in [0.2, 0.25) is 0 Å². The van der Waals surface area contributed by atoms with E-state index in [1.54, 1.807) is 30.3 Å². The quantitative estimate of drug-likeness (QED) is 0.599. The first-order chi connectivity index (χ1) is 11.0. The van der Waals surface area contributed by atoms with Crippen LogP contribution in [0.2, 0.25) is 0 Å². The largest absolute Gasteiger partial charge is 0.484 e. The summed E-state index contributed by atoms with van der Waals surface area (Å²) in [5.74, 6) is -0.822. The van der Waals surface area contributed by atoms with Gasteiger partial charge in [-0.05, 0) is 35.9 Å². The van der Waals surface area contributed by atoms with E-state index in [1.165, 1.54) is 18.3 Å². The molecule has 0 fully saturated rings. The summed E-state index contributed by atoms with van der Waals surface area (Å²) in [4.78, 5) is 22.3. The predicted octanol–water partition coefficient (Wildman–Crippen LogP) is 2.68. The fraction of sp³-hybridized carbons (Fsp3) is 0.0625. The van der Waals surface area contributed by atoms with Gasteiger partial charge in [-0.1, -0.05) is 34.1 Å². The summed E-state index contributed by atoms with van der Waals surface area (Å²) >= 11 is 3.31. The number of nitrogens with one attached hydrogen (secondary N) is 1. The Morgan fingerprint density at radius 1 is 1.22 bits per heavy atom. The Morgan fingerprint density at radius 3 is 2.61 bits per heavy atom. The Bertz CT molecular complexity index is 729. The molecule has 0 atom stereocenters. The lowest BCUT2D eigenvalue weighted by atomic mass is 10.1. The maximum absolute atomic E-state index is 11.6. The fourth-order valence-electron chi connectivity index (χ4n) is 1.63. The molecule has 6 nitrogen and oxygen atoms in total. The third kappa shape index (κ3) is 5.55. The van der Waals surface area contributed by atoms with Crippen molar-refractivity contribution in [3.63, 3.8) is 0 Å². The molecule has 1 amide bonds. The van der Waals surface area contributed by atoms with Crippen LogP contribution < -0.4 is 10.2 Å². The Labute approximate surface area is 140 Å². The van der Waals surface area contributed by atoms with Crippen molar-refractivity contribution >= 4 is 34.0 Å². The van der Waals surface area contributed by atoms with Crippen molar-refractivity contribution in [3.05, 3.63) is 64.1 Å². The van der Waals surface area contributed by atoms with Gasteiger partial charge >= 0.3 is 5.97 Å². The lowest BCUT2D eigenvalue weighted by Gasteiger charge is -2.05. The van der Waals surface area contributed by atoms with Gasteiger partial charge in [-0.3, -0.25) is 4.79 Å². The third-order valence-corrected chi connectivity index (χ3v) is 3.22. The van der Waals surface area contributed by atoms with Crippen LogP contribution in [0, 0.1) is 0 Å². The van der Waals surface area contributed by atoms with Crippen molar-refractivity contribution < 1.29 is 19.4 Å². The van der Waals surface area contributed by atoms with Crippen molar-refractivity contribution in [1.82, 2.24) is 5.43 Å². The minimum atomic E-state index is -0.994. The molecule has 0 aliphatic heterocycles. The molecule has 2 N–H and O–H groups in total. The summed E-state index contributed by atoms with van der Waals surface area (Å²) < 4.78 is 6.17. The topological polar surface area (TPSA) is 88.0 Å². The highest BCUT2D eigenvalue weighted by molar-refractivity contribution is 9.10. The zero-order valence-electron chi connectivity index (χ0n) is 11.9. The maximum atomic E-state index is 11.6. The number of nitrogens with zero attached hydrogens (tertiary/aromatic N) is 1. The highest BCUT2D eigenvalue weighted by Gasteiger charge is 2.02. The van der Waals surface area contributed by atoms with Crippen LogP contribution in [0.5, 0.6) is 5.75 Å². The molecule has 0 saturated heterocycles. The summed E-state index contributed by atoms with van der Waals surface area (Å²) in [5.41, 5.74) is 3.19. The number of hydrogen-bond acceptors (Lipinski definition) is 4. The Kier molecular flexibility index (Phi) is 5.87. The van der Waals surface area contributed by atoms with Crippen LogP contribution in [-0.4, -0.2) is 29.8 Å². The monoisotopic (exact) mass is 376 g/mol. The van der Waals surface area contributed by atoms with E-state index in [0.717, 1.165) is 4.47 Å². The second-order valence-electron chi connectivity index (χ2n) is 4.47. The first-order valence-corrected chi connectivity index (χ1v) is 7.37. The SMILES string of the molecule is O=C(COc1cccc(Br)c1)N/N=C/c1ccc(C(=O)O)cc1. The van der Waals surface area contributed by atoms with Gasteiger partial charge in [0, 0.05) is 4.47 Å². The molecule has 2 aromatic rings. The minimum absolute atomic E-state index is 0.161. The number of hydrazone groups is 1. The average Bonchev–Trinajstić information content (AvgIpc) is 2.53. The molecule has 0 saturated carbocycles. The highest BCUT2D eigenvalue weighted by atomic mass is 79.9. The summed E-state index contributed by atoms with van der Waals surface area (Å²) in [6.45, 7) is -0.161. The molecule has 0 bridgehead atoms. The van der Waals surface area contributed by atoms with Crippen LogP contribution in [0.25, 0.3) is 0 Å². The fourth-order valence-corrected chi connectivity index (χ4v) is 2.01. The summed E-state index contributed by atoms with van der Waals surface area (Å²) in [6.07, 6.45) is 1.42. The number of halogens is 1. The molecule has 23 heavy (non-hydrogen) atoms. The number of ether oxygens (including phenoxy) is 1. The number of amides is 1. The number of rotatable bonds is 6. The zero-order chi connectivity index (χ0) is 16.7. The standard InChI is InChI=1S/C16H13BrN2O4/c17-13-2-1-3-14(8-13)23-10-15(20)19-18-9-11-4-6-12(7-5-11)16(21)22/h1-9H,10H2,(H,19,20)(H,21,22)/b18-9+. The summed E-state index contributed by atoms with van der Waals surface area (Å²) in [7, 11) is 0. The van der Waals surface area contributed by atoms with E-state index >= 15 is 0 Å². The summed E-state index contributed by atoms with van der Waals surface area (Å²) in [5, 5.41) is 12.6. The van der Waals surface area contributed by atoms with Gasteiger partial charge in [-0.15, -0.1) is 0 Å². The molecule has 2 rings (SSSR count). The van der Waals surface area contributed by atoms with Crippen molar-refractivity contribution in [2.45, 2.75) is 0 Å². The molecule has 7 heteroatoms. The average molecular weight is 377 g/mol. The van der Waals surface area contributed by atoms with Crippen LogP contribution in [0.1, 0.15) is 15.9 Å². The van der Waals surface area contributed by atoms with E-state index in [-0.39, 0.29) is 12.2 Å². The van der Waals surface area contributed by atoms with E-state index in [0.29, 0.717) is 11.3 Å². The van der Waals surface area contributed by atoms with Gasteiger partial charge in [0.1, 0.15) is 5.75 Å². The Morgan fingerprint density at radius 2 is 1.96 bits per heavy atom. The van der Waals surface area contributed by atoms with E-state index in [2.05, 4.69) is 26.5 Å². The van der Waals surface area contributed by atoms with Gasteiger partial charge in [0.15, 0.2) is 6.61 Å². The second-order valence-corrected chi connectivity index (χ2v) is 5.38. The number of hydrogen-bond donors (Lipinski definition) is 2. The molecular weight excluding hydrogens is 364 g/mol. The highest BCUT2D eigenvalue weighted by Crippen LogP contribution is 2.17. The smallest absolute Gasteiger partial charge is 0.335 e. The third-order valence-electron chi connectivity index (χ3n) is 2.73. The molecule has 118 valence electrons. The van der Waals surface area contributed by atoms with Crippen LogP contribution in [0.15, 0.2) is 58.1 Å². The molecule has 0 spiro atoms. The van der Waals surface area contributed by atoms with E-state index in [9.17, 15) is 9.59 Å². The number of aromatic carboxylic acids is 1. The normalized spacial score (nSPS) is 10.5. The Hall–Kier alpha value is -2.67. The minimum Gasteiger partial charge on any atom is -0.484 e. The summed E-state index contributed by atoms with van der Waals surface area (Å²) in [6, 6.07) is 13.3. The van der Waals surface area contributed by atoms with Crippen LogP contribution in [0.3, 0.4) is 0 Å². The van der Waals surface area contributed by atoms with E-state index < -0.39 is 11.9 Å². The van der Waals surface area contributed by atoms with Crippen molar-refractivity contribution in [3.8, 4) is 5.75 Å². The maximum Gasteiger partial charge on any atom is 0.335 e. The van der Waals surface area contributed by atoms with Crippen LogP contribution in [-0.2, 0) is 4.79 Å². The van der Waals surface area contributed by atoms with Crippen molar-refractivity contribution in [2.24, 2.45) is 5.10 Å². The molecule has 0 radical (unpaired) electrons. The molecule has 0 aromatic heterocycles. The lowest BCUT2D eigenvalue weighted by Crippen LogP contribution is -2.24. The lowest BCUT2D eigenvalue weighted by molar-refractivity contribution is -0.123. The Balaban J connectivity index is 1.80. The molecular formula is C16H13BrN2O4. The van der Waals surface area contributed by atoms with E-state index in [1.807, 2.05) is 6.07 Å². The van der Waals surface area contributed by atoms with Gasteiger partial charge < -0.3 is 9.84 Å². The number of carboxylic acid groups (broad SMARTS) is 1. The van der Waals surface area contributed by atoms with Crippen molar-refractivity contribution in [2.75, 3.05) is 6.61 Å². The second kappa shape index (κ2) is 8.09. The van der Waals surface area contributed by atoms with Gasteiger partial charge in [0.05, 0.1) is 11.8 Å². The first-order valence-electron chi connectivity index (χ1n) is 6.58. The number of carbonyl (C=O) groups is 2. The number of carbonyl (C=O) groups excluding carboxylic acids is 1. The van der Waals surface area contributed by atoms with Crippen LogP contribution >= 0.6 is 15.9 Å². The zero-order valence-corrected chi connectivity index (χ0v) is 13.5. The molecule has 0 aliphatic rings. The van der Waals surface area contributed by atoms with Gasteiger partial charge in [-0.2, -0.15) is 5.10 Å². The molecule has 0 aliphatic carbocycles.